The average Bonchev–Trinajstić information content (AvgIpc) is 1.22. The van der Waals surface area contributed by atoms with Crippen LogP contribution in [-0.4, -0.2) is 96.7 Å². The molecule has 0 aliphatic rings. The van der Waals surface area contributed by atoms with Crippen molar-refractivity contribution in [1.82, 2.24) is 0 Å². The van der Waals surface area contributed by atoms with Crippen LogP contribution in [0.3, 0.4) is 0 Å². The summed E-state index contributed by atoms with van der Waals surface area (Å²) < 4.78 is 69.0. The summed E-state index contributed by atoms with van der Waals surface area (Å²) >= 11 is 0. The number of esters is 4. The molecule has 0 aliphatic heterocycles. The minimum Gasteiger partial charge on any atom is -0.462 e. The summed E-state index contributed by atoms with van der Waals surface area (Å²) in [5.74, 6) is -0.509. The largest absolute Gasteiger partial charge is 0.472 e. The van der Waals surface area contributed by atoms with Gasteiger partial charge in [-0.25, -0.2) is 9.13 Å². The van der Waals surface area contributed by atoms with Crippen LogP contribution in [0.4, 0.5) is 0 Å². The molecular formula is C88H172O17P2. The van der Waals surface area contributed by atoms with E-state index in [-0.39, 0.29) is 25.7 Å². The minimum atomic E-state index is -4.97. The maximum Gasteiger partial charge on any atom is 0.472 e. The van der Waals surface area contributed by atoms with Gasteiger partial charge in [-0.2, -0.15) is 0 Å². The van der Waals surface area contributed by atoms with E-state index in [1.54, 1.807) is 0 Å². The number of carbonyl (C=O) groups is 4. The summed E-state index contributed by atoms with van der Waals surface area (Å²) in [4.78, 5) is 73.3. The Balaban J connectivity index is 5.25. The lowest BCUT2D eigenvalue weighted by molar-refractivity contribution is -0.161. The van der Waals surface area contributed by atoms with Crippen molar-refractivity contribution in [3.05, 3.63) is 0 Å². The minimum absolute atomic E-state index is 0.108. The first-order chi connectivity index (χ1) is 51.9. The van der Waals surface area contributed by atoms with Gasteiger partial charge in [-0.3, -0.25) is 37.3 Å². The second-order valence-corrected chi connectivity index (χ2v) is 35.3. The molecular weight excluding hydrogens is 1390 g/mol. The molecule has 6 atom stereocenters. The third-order valence-electron chi connectivity index (χ3n) is 21.1. The Kier molecular flexibility index (Phi) is 77.9. The summed E-state index contributed by atoms with van der Waals surface area (Å²) in [5, 5.41) is 10.7. The topological polar surface area (TPSA) is 237 Å². The van der Waals surface area contributed by atoms with E-state index in [2.05, 4.69) is 41.5 Å². The molecule has 636 valence electrons. The predicted molar refractivity (Wildman–Crippen MR) is 442 cm³/mol. The second kappa shape index (κ2) is 79.3. The molecule has 17 nitrogen and oxygen atoms in total. The molecule has 19 heteroatoms. The van der Waals surface area contributed by atoms with E-state index in [1.165, 1.54) is 289 Å². The van der Waals surface area contributed by atoms with Crippen LogP contribution in [0, 0.1) is 11.8 Å². The normalized spacial score (nSPS) is 14.0. The first-order valence-electron chi connectivity index (χ1n) is 45.5. The van der Waals surface area contributed by atoms with Crippen molar-refractivity contribution in [3.8, 4) is 0 Å². The molecule has 0 bridgehead atoms. The number of phosphoric ester groups is 2. The zero-order valence-electron chi connectivity index (χ0n) is 70.5. The molecule has 0 amide bonds. The lowest BCUT2D eigenvalue weighted by Crippen LogP contribution is -2.30. The number of carbonyl (C=O) groups excluding carboxylic acids is 4. The van der Waals surface area contributed by atoms with Crippen molar-refractivity contribution in [2.45, 2.75) is 490 Å². The third-order valence-corrected chi connectivity index (χ3v) is 23.0. The number of rotatable bonds is 87. The summed E-state index contributed by atoms with van der Waals surface area (Å²) in [7, 11) is -9.93. The summed E-state index contributed by atoms with van der Waals surface area (Å²) in [5.41, 5.74) is 0. The molecule has 0 heterocycles. The molecule has 3 N–H and O–H groups in total. The molecule has 107 heavy (non-hydrogen) atoms. The number of phosphoric acid groups is 2. The van der Waals surface area contributed by atoms with Crippen molar-refractivity contribution in [2.75, 3.05) is 39.6 Å². The Morgan fingerprint density at radius 3 is 0.710 bits per heavy atom. The van der Waals surface area contributed by atoms with Crippen LogP contribution in [0.5, 0.6) is 0 Å². The molecule has 0 rings (SSSR count). The highest BCUT2D eigenvalue weighted by molar-refractivity contribution is 7.47. The molecule has 3 unspecified atom stereocenters. The van der Waals surface area contributed by atoms with Crippen LogP contribution >= 0.6 is 15.6 Å². The lowest BCUT2D eigenvalue weighted by Gasteiger charge is -2.21. The van der Waals surface area contributed by atoms with Gasteiger partial charge in [0.2, 0.25) is 0 Å². The van der Waals surface area contributed by atoms with E-state index < -0.39 is 97.5 Å². The van der Waals surface area contributed by atoms with Gasteiger partial charge in [-0.05, 0) is 37.5 Å². The smallest absolute Gasteiger partial charge is 0.462 e. The van der Waals surface area contributed by atoms with Gasteiger partial charge in [-0.15, -0.1) is 0 Å². The first kappa shape index (κ1) is 105. The maximum atomic E-state index is 13.2. The molecule has 0 fully saturated rings. The zero-order valence-corrected chi connectivity index (χ0v) is 72.2. The van der Waals surface area contributed by atoms with E-state index in [9.17, 15) is 43.2 Å². The van der Waals surface area contributed by atoms with E-state index in [0.717, 1.165) is 102 Å². The standard InChI is InChI=1S/C88H172O17P2/c1-7-10-12-14-16-18-20-22-24-25-26-27-28-29-35-39-43-47-55-61-67-73-87(92)104-83(76-98-85(90)70-64-58-52-45-41-37-34-31-30-33-36-40-44-50-56-62-68-80(4)5)78-102-106(94,95)100-74-82(89)75-101-107(96,97)103-79-84(77-99-86(91)71-65-59-53-49-48-51-57-63-69-81(6)9-3)105-88(93)72-66-60-54-46-42-38-32-23-21-19-17-15-13-11-8-2/h80-84,89H,7-79H2,1-6H3,(H,94,95)(H,96,97)/t81?,82-,83-,84-/m1/s1. The van der Waals surface area contributed by atoms with Crippen molar-refractivity contribution in [2.24, 2.45) is 11.8 Å². The van der Waals surface area contributed by atoms with Crippen LogP contribution in [0.1, 0.15) is 472 Å². The molecule has 0 aromatic heterocycles. The first-order valence-corrected chi connectivity index (χ1v) is 48.5. The van der Waals surface area contributed by atoms with Crippen LogP contribution in [0.15, 0.2) is 0 Å². The van der Waals surface area contributed by atoms with Gasteiger partial charge in [0.25, 0.3) is 0 Å². The predicted octanol–water partition coefficient (Wildman–Crippen LogP) is 27.0. The summed E-state index contributed by atoms with van der Waals surface area (Å²) in [6.07, 6.45) is 72.2. The second-order valence-electron chi connectivity index (χ2n) is 32.4. The van der Waals surface area contributed by atoms with Crippen LogP contribution in [0.2, 0.25) is 0 Å². The molecule has 0 radical (unpaired) electrons. The van der Waals surface area contributed by atoms with E-state index >= 15 is 0 Å². The quantitative estimate of drug-likeness (QED) is 0.0222. The molecule has 0 aliphatic carbocycles. The van der Waals surface area contributed by atoms with E-state index in [1.807, 2.05) is 0 Å². The van der Waals surface area contributed by atoms with Gasteiger partial charge < -0.3 is 33.8 Å². The summed E-state index contributed by atoms with van der Waals surface area (Å²) in [6.45, 7) is 9.72. The number of aliphatic hydroxyl groups is 1. The third kappa shape index (κ3) is 80.5. The van der Waals surface area contributed by atoms with Gasteiger partial charge in [-0.1, -0.05) is 420 Å². The number of ether oxygens (including phenoxy) is 4. The molecule has 0 aromatic carbocycles. The maximum absolute atomic E-state index is 13.2. The number of hydrogen-bond donors (Lipinski definition) is 3. The fourth-order valence-electron chi connectivity index (χ4n) is 13.7. The van der Waals surface area contributed by atoms with Crippen molar-refractivity contribution in [3.63, 3.8) is 0 Å². The summed E-state index contributed by atoms with van der Waals surface area (Å²) in [6, 6.07) is 0. The zero-order chi connectivity index (χ0) is 78.5. The van der Waals surface area contributed by atoms with Gasteiger partial charge in [0.1, 0.15) is 19.3 Å². The highest BCUT2D eigenvalue weighted by Gasteiger charge is 2.31. The average molecular weight is 1560 g/mol. The lowest BCUT2D eigenvalue weighted by atomic mass is 9.99. The highest BCUT2D eigenvalue weighted by Crippen LogP contribution is 2.45. The van der Waals surface area contributed by atoms with Crippen LogP contribution in [-0.2, 0) is 65.4 Å². The van der Waals surface area contributed by atoms with E-state index in [4.69, 9.17) is 37.0 Å². The Labute approximate surface area is 658 Å². The Hall–Kier alpha value is -1.94. The Morgan fingerprint density at radius 2 is 0.477 bits per heavy atom. The van der Waals surface area contributed by atoms with Crippen molar-refractivity contribution < 1.29 is 80.2 Å². The van der Waals surface area contributed by atoms with Gasteiger partial charge in [0.05, 0.1) is 26.4 Å². The number of hydrogen-bond acceptors (Lipinski definition) is 15. The van der Waals surface area contributed by atoms with Gasteiger partial charge in [0.15, 0.2) is 12.2 Å². The van der Waals surface area contributed by atoms with E-state index in [0.29, 0.717) is 25.7 Å². The number of aliphatic hydroxyl groups excluding tert-OH is 1. The van der Waals surface area contributed by atoms with Crippen molar-refractivity contribution in [1.29, 1.82) is 0 Å². The van der Waals surface area contributed by atoms with Crippen LogP contribution in [0.25, 0.3) is 0 Å². The molecule has 0 aromatic rings. The SMILES string of the molecule is CCCCCCCCCCCCCCCCCCCCCCCC(=O)O[C@H](COC(=O)CCCCCCCCCCCCCCCCCCC(C)C)COP(=O)(O)OC[C@@H](O)COP(=O)(O)OC[C@@H](COC(=O)CCCCCCCCCCC(C)CC)OC(=O)CCCCCCCCCCCCCCCCC. The van der Waals surface area contributed by atoms with Crippen LogP contribution < -0.4 is 0 Å². The number of unbranched alkanes of at least 4 members (excludes halogenated alkanes) is 56. The Bertz CT molecular complexity index is 2050. The van der Waals surface area contributed by atoms with Gasteiger partial charge >= 0.3 is 39.5 Å². The fourth-order valence-corrected chi connectivity index (χ4v) is 15.3. The fraction of sp³-hybridized carbons (Fsp3) is 0.955. The van der Waals surface area contributed by atoms with Crippen molar-refractivity contribution >= 4 is 39.5 Å². The molecule has 0 saturated heterocycles. The Morgan fingerprint density at radius 1 is 0.271 bits per heavy atom. The highest BCUT2D eigenvalue weighted by atomic mass is 31.2. The molecule has 0 spiro atoms. The van der Waals surface area contributed by atoms with Gasteiger partial charge in [0, 0.05) is 25.7 Å². The monoisotopic (exact) mass is 1560 g/mol. The molecule has 0 saturated carbocycles.